The van der Waals surface area contributed by atoms with Crippen LogP contribution in [0.25, 0.3) is 0 Å². The Morgan fingerprint density at radius 2 is 1.94 bits per heavy atom. The quantitative estimate of drug-likeness (QED) is 0.769. The molecule has 0 amide bonds. The van der Waals surface area contributed by atoms with E-state index in [1.165, 1.54) is 0 Å². The van der Waals surface area contributed by atoms with Gasteiger partial charge in [0.05, 0.1) is 10.7 Å². The second kappa shape index (κ2) is 5.23. The Kier molecular flexibility index (Phi) is 3.68. The number of carbonyl (C=O) groups is 1. The van der Waals surface area contributed by atoms with Crippen LogP contribution >= 0.6 is 11.6 Å². The number of carbonyl (C=O) groups excluding carboxylic acids is 1. The van der Waals surface area contributed by atoms with E-state index in [0.717, 1.165) is 23.2 Å². The van der Waals surface area contributed by atoms with Gasteiger partial charge >= 0.3 is 0 Å². The molecule has 0 atom stereocenters. The van der Waals surface area contributed by atoms with Crippen LogP contribution in [0.2, 0.25) is 5.02 Å². The monoisotopic (exact) mass is 259 g/mol. The van der Waals surface area contributed by atoms with Gasteiger partial charge in [0.15, 0.2) is 0 Å². The van der Waals surface area contributed by atoms with Gasteiger partial charge in [0.2, 0.25) is 0 Å². The van der Waals surface area contributed by atoms with Gasteiger partial charge in [-0.2, -0.15) is 0 Å². The summed E-state index contributed by atoms with van der Waals surface area (Å²) in [5.74, 6) is 0. The molecule has 0 saturated heterocycles. The average Bonchev–Trinajstić information content (AvgIpc) is 2.38. The molecule has 0 aliphatic carbocycles. The molecule has 3 heteroatoms. The number of aryl methyl sites for hydroxylation is 1. The highest BCUT2D eigenvalue weighted by Gasteiger charge is 2.08. The lowest BCUT2D eigenvalue weighted by Crippen LogP contribution is -2.10. The highest BCUT2D eigenvalue weighted by molar-refractivity contribution is 6.33. The Hall–Kier alpha value is -1.80. The van der Waals surface area contributed by atoms with Crippen molar-refractivity contribution in [1.29, 1.82) is 0 Å². The van der Waals surface area contributed by atoms with Crippen molar-refractivity contribution < 1.29 is 4.79 Å². The lowest BCUT2D eigenvalue weighted by atomic mass is 10.1. The zero-order valence-corrected chi connectivity index (χ0v) is 11.1. The number of nitrogens with zero attached hydrogens (tertiary/aromatic N) is 1. The fraction of sp³-hybridized carbons (Fsp3) is 0.133. The molecule has 0 N–H and O–H groups in total. The van der Waals surface area contributed by atoms with Crippen LogP contribution in [0.15, 0.2) is 42.5 Å². The summed E-state index contributed by atoms with van der Waals surface area (Å²) in [6.45, 7) is 2.00. The smallest absolute Gasteiger partial charge is 0.150 e. The maximum atomic E-state index is 10.8. The maximum absolute atomic E-state index is 10.8. The molecule has 0 radical (unpaired) electrons. The summed E-state index contributed by atoms with van der Waals surface area (Å²) in [4.78, 5) is 12.8. The molecule has 0 bridgehead atoms. The minimum Gasteiger partial charge on any atom is -0.343 e. The average molecular weight is 260 g/mol. The summed E-state index contributed by atoms with van der Waals surface area (Å²) in [5, 5.41) is 0.703. The summed E-state index contributed by atoms with van der Waals surface area (Å²) in [7, 11) is 1.93. The van der Waals surface area contributed by atoms with E-state index >= 15 is 0 Å². The van der Waals surface area contributed by atoms with Crippen molar-refractivity contribution in [2.45, 2.75) is 6.92 Å². The Morgan fingerprint density at radius 3 is 2.61 bits per heavy atom. The van der Waals surface area contributed by atoms with E-state index in [0.29, 0.717) is 10.6 Å². The van der Waals surface area contributed by atoms with Gasteiger partial charge in [-0.05, 0) is 36.8 Å². The Labute approximate surface area is 112 Å². The predicted molar refractivity (Wildman–Crippen MR) is 76.1 cm³/mol. The molecular formula is C15H14ClNO. The van der Waals surface area contributed by atoms with Crippen molar-refractivity contribution in [1.82, 2.24) is 0 Å². The number of rotatable bonds is 3. The third-order valence-electron chi connectivity index (χ3n) is 2.86. The first-order valence-corrected chi connectivity index (χ1v) is 6.05. The molecule has 2 aromatic carbocycles. The highest BCUT2D eigenvalue weighted by atomic mass is 35.5. The van der Waals surface area contributed by atoms with Crippen molar-refractivity contribution in [2.24, 2.45) is 0 Å². The topological polar surface area (TPSA) is 20.3 Å². The number of aldehydes is 1. The molecule has 0 aliphatic rings. The van der Waals surface area contributed by atoms with Crippen LogP contribution in [0.3, 0.4) is 0 Å². The van der Waals surface area contributed by atoms with Gasteiger partial charge in [-0.1, -0.05) is 29.8 Å². The van der Waals surface area contributed by atoms with Crippen LogP contribution in [-0.2, 0) is 0 Å². The molecule has 0 fully saturated rings. The van der Waals surface area contributed by atoms with Gasteiger partial charge in [0.25, 0.3) is 0 Å². The van der Waals surface area contributed by atoms with Crippen molar-refractivity contribution >= 4 is 29.3 Å². The van der Waals surface area contributed by atoms with Gasteiger partial charge in [-0.15, -0.1) is 0 Å². The zero-order valence-electron chi connectivity index (χ0n) is 10.4. The van der Waals surface area contributed by atoms with Crippen molar-refractivity contribution in [2.75, 3.05) is 11.9 Å². The minimum atomic E-state index is 0.655. The molecule has 92 valence electrons. The Morgan fingerprint density at radius 1 is 1.17 bits per heavy atom. The molecule has 2 aromatic rings. The molecule has 0 unspecified atom stereocenters. The molecule has 2 rings (SSSR count). The number of halogens is 1. The molecule has 0 aliphatic heterocycles. The summed E-state index contributed by atoms with van der Waals surface area (Å²) in [6.07, 6.45) is 0.841. The van der Waals surface area contributed by atoms with E-state index in [9.17, 15) is 4.79 Å². The van der Waals surface area contributed by atoms with Crippen LogP contribution in [0.4, 0.5) is 11.4 Å². The van der Waals surface area contributed by atoms with Crippen LogP contribution in [0.5, 0.6) is 0 Å². The van der Waals surface area contributed by atoms with E-state index in [4.69, 9.17) is 11.6 Å². The molecule has 0 saturated carbocycles. The van der Waals surface area contributed by atoms with Gasteiger partial charge in [-0.3, -0.25) is 4.79 Å². The standard InChI is InChI=1S/C15H14ClNO/c1-11-6-7-15(14(16)8-11)17(2)13-5-3-4-12(9-13)10-18/h3-10H,1-2H3. The molecule has 0 spiro atoms. The Bertz CT molecular complexity index is 580. The third kappa shape index (κ3) is 2.54. The lowest BCUT2D eigenvalue weighted by Gasteiger charge is -2.21. The van der Waals surface area contributed by atoms with Crippen molar-refractivity contribution in [3.8, 4) is 0 Å². The second-order valence-electron chi connectivity index (χ2n) is 4.23. The van der Waals surface area contributed by atoms with E-state index in [2.05, 4.69) is 0 Å². The Balaban J connectivity index is 2.40. The number of benzene rings is 2. The summed E-state index contributed by atoms with van der Waals surface area (Å²) in [6, 6.07) is 13.3. The summed E-state index contributed by atoms with van der Waals surface area (Å²) < 4.78 is 0. The maximum Gasteiger partial charge on any atom is 0.150 e. The van der Waals surface area contributed by atoms with Crippen molar-refractivity contribution in [3.05, 3.63) is 58.6 Å². The van der Waals surface area contributed by atoms with Crippen LogP contribution in [0, 0.1) is 6.92 Å². The minimum absolute atomic E-state index is 0.655. The molecule has 0 aromatic heterocycles. The SMILES string of the molecule is Cc1ccc(N(C)c2cccc(C=O)c2)c(Cl)c1. The third-order valence-corrected chi connectivity index (χ3v) is 3.16. The van der Waals surface area contributed by atoms with E-state index in [-0.39, 0.29) is 0 Å². The summed E-state index contributed by atoms with van der Waals surface area (Å²) in [5.41, 5.74) is 3.64. The predicted octanol–water partition coefficient (Wildman–Crippen LogP) is 4.23. The van der Waals surface area contributed by atoms with Crippen LogP contribution < -0.4 is 4.90 Å². The largest absolute Gasteiger partial charge is 0.343 e. The lowest BCUT2D eigenvalue weighted by molar-refractivity contribution is 0.112. The van der Waals surface area contributed by atoms with Crippen LogP contribution in [0.1, 0.15) is 15.9 Å². The second-order valence-corrected chi connectivity index (χ2v) is 4.63. The first-order valence-electron chi connectivity index (χ1n) is 5.67. The number of hydrogen-bond acceptors (Lipinski definition) is 2. The first kappa shape index (κ1) is 12.7. The van der Waals surface area contributed by atoms with E-state index in [1.54, 1.807) is 6.07 Å². The summed E-state index contributed by atoms with van der Waals surface area (Å²) >= 11 is 6.24. The van der Waals surface area contributed by atoms with E-state index in [1.807, 2.05) is 55.3 Å². The van der Waals surface area contributed by atoms with Gasteiger partial charge in [-0.25, -0.2) is 0 Å². The highest BCUT2D eigenvalue weighted by Crippen LogP contribution is 2.31. The van der Waals surface area contributed by atoms with Gasteiger partial charge in [0.1, 0.15) is 6.29 Å². The zero-order chi connectivity index (χ0) is 13.1. The molecule has 2 nitrogen and oxygen atoms in total. The fourth-order valence-electron chi connectivity index (χ4n) is 1.83. The first-order chi connectivity index (χ1) is 8.61. The number of hydrogen-bond donors (Lipinski definition) is 0. The van der Waals surface area contributed by atoms with E-state index < -0.39 is 0 Å². The molecular weight excluding hydrogens is 246 g/mol. The molecule has 0 heterocycles. The van der Waals surface area contributed by atoms with Gasteiger partial charge < -0.3 is 4.90 Å². The van der Waals surface area contributed by atoms with Crippen molar-refractivity contribution in [3.63, 3.8) is 0 Å². The van der Waals surface area contributed by atoms with Gasteiger partial charge in [0, 0.05) is 18.3 Å². The normalized spacial score (nSPS) is 10.2. The van der Waals surface area contributed by atoms with Crippen LogP contribution in [-0.4, -0.2) is 13.3 Å². The fourth-order valence-corrected chi connectivity index (χ4v) is 2.19. The molecule has 18 heavy (non-hydrogen) atoms. The number of anilines is 2.